The molecule has 1 rings (SSSR count). The third kappa shape index (κ3) is 1.13. The van der Waals surface area contributed by atoms with E-state index in [0.717, 1.165) is 12.8 Å². The van der Waals surface area contributed by atoms with Crippen molar-refractivity contribution in [1.82, 2.24) is 0 Å². The van der Waals surface area contributed by atoms with Gasteiger partial charge in [-0.3, -0.25) is 0 Å². The molecule has 0 amide bonds. The molecule has 1 fully saturated rings. The summed E-state index contributed by atoms with van der Waals surface area (Å²) in [4.78, 5) is 0. The highest BCUT2D eigenvalue weighted by Crippen LogP contribution is 2.43. The fraction of sp³-hybridized carbons (Fsp3) is 0.625. The van der Waals surface area contributed by atoms with Crippen LogP contribution in [0.2, 0.25) is 0 Å². The van der Waals surface area contributed by atoms with Gasteiger partial charge in [-0.1, -0.05) is 19.1 Å². The summed E-state index contributed by atoms with van der Waals surface area (Å²) in [5.74, 6) is 0.845. The van der Waals surface area contributed by atoms with Crippen molar-refractivity contribution in [3.8, 4) is 6.07 Å². The lowest BCUT2D eigenvalue weighted by Crippen LogP contribution is -1.82. The van der Waals surface area contributed by atoms with Crippen LogP contribution in [0, 0.1) is 23.2 Å². The highest BCUT2D eigenvalue weighted by atomic mass is 14.4. The highest BCUT2D eigenvalue weighted by molar-refractivity contribution is 5.17. The van der Waals surface area contributed by atoms with Crippen molar-refractivity contribution in [3.05, 3.63) is 12.2 Å². The Kier molecular flexibility index (Phi) is 1.57. The molecule has 1 aliphatic rings. The molecular weight excluding hydrogens is 110 g/mol. The summed E-state index contributed by atoms with van der Waals surface area (Å²) >= 11 is 0. The number of rotatable bonds is 2. The Bertz CT molecular complexity index is 164. The van der Waals surface area contributed by atoms with Gasteiger partial charge in [-0.05, 0) is 18.8 Å². The van der Waals surface area contributed by atoms with Crippen molar-refractivity contribution in [1.29, 1.82) is 5.26 Å². The highest BCUT2D eigenvalue weighted by Gasteiger charge is 2.38. The summed E-state index contributed by atoms with van der Waals surface area (Å²) in [6.45, 7) is 5.97. The molecule has 0 radical (unpaired) electrons. The first-order valence-corrected chi connectivity index (χ1v) is 3.37. The molecule has 0 aromatic heterocycles. The van der Waals surface area contributed by atoms with Crippen molar-refractivity contribution in [3.63, 3.8) is 0 Å². The average Bonchev–Trinajstić information content (AvgIpc) is 2.64. The van der Waals surface area contributed by atoms with E-state index < -0.39 is 0 Å². The van der Waals surface area contributed by atoms with Crippen molar-refractivity contribution in [2.75, 3.05) is 0 Å². The molecule has 48 valence electrons. The predicted molar refractivity (Wildman–Crippen MR) is 36.6 cm³/mol. The first-order valence-electron chi connectivity index (χ1n) is 3.37. The normalized spacial score (nSPS) is 31.1. The molecule has 0 N–H and O–H groups in total. The van der Waals surface area contributed by atoms with Gasteiger partial charge in [-0.15, -0.1) is 0 Å². The first-order chi connectivity index (χ1) is 4.29. The van der Waals surface area contributed by atoms with Crippen LogP contribution < -0.4 is 0 Å². The Morgan fingerprint density at radius 2 is 2.56 bits per heavy atom. The van der Waals surface area contributed by atoms with Gasteiger partial charge in [0.05, 0.1) is 12.0 Å². The van der Waals surface area contributed by atoms with Gasteiger partial charge in [0.25, 0.3) is 0 Å². The topological polar surface area (TPSA) is 23.8 Å². The largest absolute Gasteiger partial charge is 0.198 e. The summed E-state index contributed by atoms with van der Waals surface area (Å²) < 4.78 is 0. The number of hydrogen-bond donors (Lipinski definition) is 0. The summed E-state index contributed by atoms with van der Waals surface area (Å²) in [5, 5.41) is 8.43. The van der Waals surface area contributed by atoms with Crippen LogP contribution in [-0.2, 0) is 0 Å². The second kappa shape index (κ2) is 2.23. The van der Waals surface area contributed by atoms with Crippen molar-refractivity contribution >= 4 is 0 Å². The van der Waals surface area contributed by atoms with Crippen LogP contribution in [0.25, 0.3) is 0 Å². The van der Waals surface area contributed by atoms with E-state index in [1.54, 1.807) is 0 Å². The smallest absolute Gasteiger partial charge is 0.0662 e. The van der Waals surface area contributed by atoms with Gasteiger partial charge in [0.1, 0.15) is 0 Å². The molecular formula is C8H11N. The SMILES string of the molecule is C=C(CC)C1CC1C#N. The third-order valence-electron chi connectivity index (χ3n) is 1.93. The summed E-state index contributed by atoms with van der Waals surface area (Å²) in [6.07, 6.45) is 2.09. The first kappa shape index (κ1) is 6.35. The van der Waals surface area contributed by atoms with E-state index in [-0.39, 0.29) is 0 Å². The van der Waals surface area contributed by atoms with E-state index in [2.05, 4.69) is 19.6 Å². The second-order valence-corrected chi connectivity index (χ2v) is 2.59. The van der Waals surface area contributed by atoms with Gasteiger partial charge in [-0.2, -0.15) is 5.26 Å². The monoisotopic (exact) mass is 121 g/mol. The zero-order valence-electron chi connectivity index (χ0n) is 5.72. The Morgan fingerprint density at radius 1 is 1.89 bits per heavy atom. The minimum Gasteiger partial charge on any atom is -0.198 e. The maximum absolute atomic E-state index is 8.43. The molecule has 0 aromatic carbocycles. The molecule has 0 aromatic rings. The van der Waals surface area contributed by atoms with E-state index in [1.807, 2.05) is 0 Å². The van der Waals surface area contributed by atoms with Gasteiger partial charge in [0.15, 0.2) is 0 Å². The van der Waals surface area contributed by atoms with Crippen LogP contribution in [0.4, 0.5) is 0 Å². The van der Waals surface area contributed by atoms with Crippen LogP contribution in [0.15, 0.2) is 12.2 Å². The summed E-state index contributed by atoms with van der Waals surface area (Å²) in [6, 6.07) is 2.24. The molecule has 0 bridgehead atoms. The summed E-state index contributed by atoms with van der Waals surface area (Å²) in [7, 11) is 0. The third-order valence-corrected chi connectivity index (χ3v) is 1.93. The molecule has 0 aliphatic heterocycles. The molecule has 2 atom stereocenters. The van der Waals surface area contributed by atoms with E-state index in [0.29, 0.717) is 11.8 Å². The maximum Gasteiger partial charge on any atom is 0.0662 e. The lowest BCUT2D eigenvalue weighted by molar-refractivity contribution is 0.874. The minimum atomic E-state index is 0.303. The van der Waals surface area contributed by atoms with E-state index in [4.69, 9.17) is 5.26 Å². The number of nitriles is 1. The van der Waals surface area contributed by atoms with Crippen LogP contribution in [0.3, 0.4) is 0 Å². The maximum atomic E-state index is 8.43. The molecule has 0 saturated heterocycles. The van der Waals surface area contributed by atoms with Crippen molar-refractivity contribution in [2.45, 2.75) is 19.8 Å². The fourth-order valence-corrected chi connectivity index (χ4v) is 1.05. The molecule has 1 heteroatoms. The lowest BCUT2D eigenvalue weighted by Gasteiger charge is -1.94. The Morgan fingerprint density at radius 3 is 2.89 bits per heavy atom. The Balaban J connectivity index is 2.36. The van der Waals surface area contributed by atoms with Crippen molar-refractivity contribution in [2.24, 2.45) is 11.8 Å². The quantitative estimate of drug-likeness (QED) is 0.513. The van der Waals surface area contributed by atoms with Gasteiger partial charge >= 0.3 is 0 Å². The lowest BCUT2D eigenvalue weighted by atomic mass is 10.1. The molecule has 0 heterocycles. The average molecular weight is 121 g/mol. The van der Waals surface area contributed by atoms with Crippen molar-refractivity contribution < 1.29 is 0 Å². The van der Waals surface area contributed by atoms with Crippen LogP contribution in [0.1, 0.15) is 19.8 Å². The molecule has 2 unspecified atom stereocenters. The zero-order chi connectivity index (χ0) is 6.85. The van der Waals surface area contributed by atoms with E-state index >= 15 is 0 Å². The second-order valence-electron chi connectivity index (χ2n) is 2.59. The molecule has 0 spiro atoms. The fourth-order valence-electron chi connectivity index (χ4n) is 1.05. The van der Waals surface area contributed by atoms with Gasteiger partial charge < -0.3 is 0 Å². The van der Waals surface area contributed by atoms with Crippen LogP contribution in [-0.4, -0.2) is 0 Å². The predicted octanol–water partition coefficient (Wildman–Crippen LogP) is 2.11. The minimum absolute atomic E-state index is 0.303. The number of allylic oxidation sites excluding steroid dienone is 1. The van der Waals surface area contributed by atoms with Crippen LogP contribution in [0.5, 0.6) is 0 Å². The van der Waals surface area contributed by atoms with Gasteiger partial charge in [0.2, 0.25) is 0 Å². The van der Waals surface area contributed by atoms with Gasteiger partial charge in [0, 0.05) is 0 Å². The van der Waals surface area contributed by atoms with Crippen LogP contribution >= 0.6 is 0 Å². The van der Waals surface area contributed by atoms with E-state index in [1.165, 1.54) is 5.57 Å². The Labute approximate surface area is 56.0 Å². The number of hydrogen-bond acceptors (Lipinski definition) is 1. The molecule has 1 nitrogen and oxygen atoms in total. The molecule has 9 heavy (non-hydrogen) atoms. The molecule has 1 saturated carbocycles. The van der Waals surface area contributed by atoms with E-state index in [9.17, 15) is 0 Å². The molecule has 1 aliphatic carbocycles. The Hall–Kier alpha value is -0.770. The number of nitrogens with zero attached hydrogens (tertiary/aromatic N) is 1. The summed E-state index contributed by atoms with van der Waals surface area (Å²) in [5.41, 5.74) is 1.25. The standard InChI is InChI=1S/C8H11N/c1-3-6(2)8-4-7(8)5-9/h7-8H,2-4H2,1H3. The van der Waals surface area contributed by atoms with Gasteiger partial charge in [-0.25, -0.2) is 0 Å². The zero-order valence-corrected chi connectivity index (χ0v) is 5.72.